The minimum absolute atomic E-state index is 0.106. The molecule has 1 atom stereocenters. The highest BCUT2D eigenvalue weighted by molar-refractivity contribution is 7.90. The molecule has 3 rings (SSSR count). The zero-order valence-electron chi connectivity index (χ0n) is 17.7. The summed E-state index contributed by atoms with van der Waals surface area (Å²) in [4.78, 5) is 28.4. The van der Waals surface area contributed by atoms with Crippen molar-refractivity contribution in [1.29, 1.82) is 0 Å². The molecule has 1 heterocycles. The van der Waals surface area contributed by atoms with Crippen molar-refractivity contribution in [3.8, 4) is 11.1 Å². The first-order valence-electron chi connectivity index (χ1n) is 9.71. The molecule has 0 aromatic heterocycles. The van der Waals surface area contributed by atoms with Crippen molar-refractivity contribution in [1.82, 2.24) is 0 Å². The second-order valence-electron chi connectivity index (χ2n) is 7.78. The molecular weight excluding hydrogens is 404 g/mol. The Labute approximate surface area is 177 Å². The van der Waals surface area contributed by atoms with Crippen LogP contribution in [0.2, 0.25) is 0 Å². The lowest BCUT2D eigenvalue weighted by atomic mass is 10.0. The van der Waals surface area contributed by atoms with Crippen LogP contribution >= 0.6 is 0 Å². The number of hydrogen-bond donors (Lipinski definition) is 0. The number of rotatable bonds is 3. The predicted molar refractivity (Wildman–Crippen MR) is 117 cm³/mol. The Kier molecular flexibility index (Phi) is 5.90. The van der Waals surface area contributed by atoms with Crippen LogP contribution in [0.5, 0.6) is 0 Å². The number of hydrogen-bond acceptors (Lipinski definition) is 5. The lowest BCUT2D eigenvalue weighted by Gasteiger charge is -2.40. The summed E-state index contributed by atoms with van der Waals surface area (Å²) in [5.74, 6) is -0.106. The number of carbonyl (C=O) groups excluding carboxylic acids is 2. The maximum absolute atomic E-state index is 12.7. The highest BCUT2D eigenvalue weighted by Crippen LogP contribution is 2.39. The van der Waals surface area contributed by atoms with Gasteiger partial charge in [-0.05, 0) is 56.2 Å². The van der Waals surface area contributed by atoms with Crippen molar-refractivity contribution in [3.05, 3.63) is 42.5 Å². The molecule has 30 heavy (non-hydrogen) atoms. The Morgan fingerprint density at radius 2 is 1.63 bits per heavy atom. The Hall–Kier alpha value is -2.87. The van der Waals surface area contributed by atoms with Gasteiger partial charge in [0.2, 0.25) is 5.91 Å². The Morgan fingerprint density at radius 3 is 2.17 bits per heavy atom. The summed E-state index contributed by atoms with van der Waals surface area (Å²) >= 11 is 0. The molecule has 1 unspecified atom stereocenters. The molecule has 1 aliphatic heterocycles. The first-order chi connectivity index (χ1) is 14.0. The molecule has 0 spiro atoms. The van der Waals surface area contributed by atoms with E-state index in [1.54, 1.807) is 47.9 Å². The lowest BCUT2D eigenvalue weighted by molar-refractivity contribution is -0.117. The van der Waals surface area contributed by atoms with E-state index < -0.39 is 15.9 Å². The SMILES string of the molecule is CC(=O)N1c2ccc(-c3ccc(S(C)(=O)=O)cc3)cc2N(C(=O)OC(C)C)CC1C. The first kappa shape index (κ1) is 21.8. The third-order valence-electron chi connectivity index (χ3n) is 4.93. The van der Waals surface area contributed by atoms with E-state index >= 15 is 0 Å². The molecule has 0 fully saturated rings. The molecule has 8 heteroatoms. The van der Waals surface area contributed by atoms with Crippen LogP contribution in [0.25, 0.3) is 11.1 Å². The van der Waals surface area contributed by atoms with E-state index in [9.17, 15) is 18.0 Å². The van der Waals surface area contributed by atoms with E-state index in [1.165, 1.54) is 6.92 Å². The quantitative estimate of drug-likeness (QED) is 0.738. The number of anilines is 2. The van der Waals surface area contributed by atoms with Gasteiger partial charge in [0.1, 0.15) is 0 Å². The second-order valence-corrected chi connectivity index (χ2v) is 9.80. The second kappa shape index (κ2) is 8.10. The number of amides is 2. The van der Waals surface area contributed by atoms with Gasteiger partial charge in [-0.2, -0.15) is 0 Å². The van der Waals surface area contributed by atoms with Gasteiger partial charge in [0.15, 0.2) is 9.84 Å². The van der Waals surface area contributed by atoms with Gasteiger partial charge in [-0.15, -0.1) is 0 Å². The molecule has 2 amide bonds. The van der Waals surface area contributed by atoms with Crippen LogP contribution in [-0.4, -0.2) is 45.4 Å². The van der Waals surface area contributed by atoms with Crippen LogP contribution in [0.4, 0.5) is 16.2 Å². The minimum atomic E-state index is -3.28. The zero-order valence-corrected chi connectivity index (χ0v) is 18.6. The molecule has 1 aliphatic rings. The van der Waals surface area contributed by atoms with Crippen LogP contribution in [0.15, 0.2) is 47.4 Å². The topological polar surface area (TPSA) is 84.0 Å². The molecule has 0 N–H and O–H groups in total. The van der Waals surface area contributed by atoms with Crippen molar-refractivity contribution in [3.63, 3.8) is 0 Å². The molecule has 0 radical (unpaired) electrons. The minimum Gasteiger partial charge on any atom is -0.446 e. The molecule has 160 valence electrons. The van der Waals surface area contributed by atoms with E-state index in [1.807, 2.05) is 25.1 Å². The Bertz CT molecular complexity index is 1080. The van der Waals surface area contributed by atoms with Gasteiger partial charge in [0, 0.05) is 19.7 Å². The molecule has 0 saturated carbocycles. The van der Waals surface area contributed by atoms with E-state index in [0.29, 0.717) is 17.9 Å². The first-order valence-corrected chi connectivity index (χ1v) is 11.6. The maximum atomic E-state index is 12.7. The summed E-state index contributed by atoms with van der Waals surface area (Å²) in [6.07, 6.45) is 0.427. The Balaban J connectivity index is 2.08. The van der Waals surface area contributed by atoms with Gasteiger partial charge in [0.25, 0.3) is 0 Å². The number of carbonyl (C=O) groups is 2. The van der Waals surface area contributed by atoms with E-state index in [-0.39, 0.29) is 22.9 Å². The summed E-state index contributed by atoms with van der Waals surface area (Å²) in [7, 11) is -3.28. The maximum Gasteiger partial charge on any atom is 0.414 e. The van der Waals surface area contributed by atoms with Gasteiger partial charge in [-0.1, -0.05) is 18.2 Å². The number of sulfone groups is 1. The fraction of sp³-hybridized carbons (Fsp3) is 0.364. The number of benzene rings is 2. The number of ether oxygens (including phenoxy) is 1. The smallest absolute Gasteiger partial charge is 0.414 e. The predicted octanol–water partition coefficient (Wildman–Crippen LogP) is 3.86. The molecule has 0 saturated heterocycles. The van der Waals surface area contributed by atoms with Crippen molar-refractivity contribution in [2.75, 3.05) is 22.6 Å². The monoisotopic (exact) mass is 430 g/mol. The fourth-order valence-electron chi connectivity index (χ4n) is 3.62. The summed E-state index contributed by atoms with van der Waals surface area (Å²) in [5, 5.41) is 0. The highest BCUT2D eigenvalue weighted by atomic mass is 32.2. The number of fused-ring (bicyclic) bond motifs is 1. The van der Waals surface area contributed by atoms with Gasteiger partial charge in [0.05, 0.1) is 28.4 Å². The van der Waals surface area contributed by atoms with Crippen LogP contribution in [0, 0.1) is 0 Å². The van der Waals surface area contributed by atoms with Gasteiger partial charge in [-0.25, -0.2) is 13.2 Å². The lowest BCUT2D eigenvalue weighted by Crippen LogP contribution is -2.51. The highest BCUT2D eigenvalue weighted by Gasteiger charge is 2.34. The van der Waals surface area contributed by atoms with Gasteiger partial charge < -0.3 is 9.64 Å². The summed E-state index contributed by atoms with van der Waals surface area (Å²) in [6, 6.07) is 11.9. The van der Waals surface area contributed by atoms with Crippen LogP contribution in [0.3, 0.4) is 0 Å². The largest absolute Gasteiger partial charge is 0.446 e. The third-order valence-corrected chi connectivity index (χ3v) is 6.05. The summed E-state index contributed by atoms with van der Waals surface area (Å²) < 4.78 is 28.8. The Morgan fingerprint density at radius 1 is 1.03 bits per heavy atom. The summed E-state index contributed by atoms with van der Waals surface area (Å²) in [5.41, 5.74) is 2.82. The molecule has 0 aliphatic carbocycles. The molecular formula is C22H26N2O5S. The van der Waals surface area contributed by atoms with Crippen molar-refractivity contribution < 1.29 is 22.7 Å². The molecule has 7 nitrogen and oxygen atoms in total. The summed E-state index contributed by atoms with van der Waals surface area (Å²) in [6.45, 7) is 7.27. The van der Waals surface area contributed by atoms with Crippen LogP contribution in [0.1, 0.15) is 27.7 Å². The van der Waals surface area contributed by atoms with Gasteiger partial charge >= 0.3 is 6.09 Å². The fourth-order valence-corrected chi connectivity index (χ4v) is 4.25. The average molecular weight is 431 g/mol. The molecule has 2 aromatic rings. The average Bonchev–Trinajstić information content (AvgIpc) is 2.65. The van der Waals surface area contributed by atoms with Crippen LogP contribution < -0.4 is 9.80 Å². The van der Waals surface area contributed by atoms with E-state index in [2.05, 4.69) is 0 Å². The number of nitrogens with zero attached hydrogens (tertiary/aromatic N) is 2. The van der Waals surface area contributed by atoms with E-state index in [0.717, 1.165) is 17.4 Å². The molecule has 2 aromatic carbocycles. The third kappa shape index (κ3) is 4.33. The van der Waals surface area contributed by atoms with Gasteiger partial charge in [-0.3, -0.25) is 9.69 Å². The standard InChI is InChI=1S/C22H26N2O5S/c1-14(2)29-22(26)23-13-15(3)24(16(4)25)20-11-8-18(12-21(20)23)17-6-9-19(10-7-17)30(5,27)28/h6-12,14-15H,13H2,1-5H3. The van der Waals surface area contributed by atoms with Crippen LogP contribution in [-0.2, 0) is 19.4 Å². The van der Waals surface area contributed by atoms with Crippen molar-refractivity contribution >= 4 is 33.2 Å². The normalized spacial score (nSPS) is 16.4. The molecule has 0 bridgehead atoms. The van der Waals surface area contributed by atoms with Crippen molar-refractivity contribution in [2.45, 2.75) is 44.7 Å². The van der Waals surface area contributed by atoms with Crippen molar-refractivity contribution in [2.24, 2.45) is 0 Å². The zero-order chi connectivity index (χ0) is 22.2. The van der Waals surface area contributed by atoms with E-state index in [4.69, 9.17) is 4.74 Å².